The fraction of sp³-hybridized carbons (Fsp3) is 0.308. The molecule has 0 aliphatic carbocycles. The van der Waals surface area contributed by atoms with Crippen molar-refractivity contribution in [3.8, 4) is 11.8 Å². The number of carbonyl (C=O) groups excluding carboxylic acids is 1. The van der Waals surface area contributed by atoms with Crippen LogP contribution in [0, 0.1) is 18.8 Å². The van der Waals surface area contributed by atoms with E-state index in [9.17, 15) is 13.2 Å². The average Bonchev–Trinajstić information content (AvgIpc) is 2.37. The summed E-state index contributed by atoms with van der Waals surface area (Å²) in [5.74, 6) is 4.61. The number of carbonyl (C=O) groups is 1. The first kappa shape index (κ1) is 16.2. The molecule has 4 N–H and O–H groups in total. The molecule has 0 radical (unpaired) electrons. The number of nitrogens with one attached hydrogen (secondary N) is 1. The van der Waals surface area contributed by atoms with Crippen molar-refractivity contribution in [3.05, 3.63) is 29.3 Å². The number of aliphatic hydroxyl groups is 1. The lowest BCUT2D eigenvalue weighted by Gasteiger charge is -2.08. The van der Waals surface area contributed by atoms with Gasteiger partial charge in [-0.15, -0.1) is 0 Å². The third-order valence-corrected chi connectivity index (χ3v) is 3.78. The highest BCUT2D eigenvalue weighted by atomic mass is 32.2. The Kier molecular flexibility index (Phi) is 5.70. The quantitative estimate of drug-likeness (QED) is 0.636. The zero-order chi connectivity index (χ0) is 15.2. The number of hydrogen-bond donors (Lipinski definition) is 3. The van der Waals surface area contributed by atoms with Gasteiger partial charge in [0.05, 0.1) is 18.0 Å². The highest BCUT2D eigenvalue weighted by Gasteiger charge is 2.18. The van der Waals surface area contributed by atoms with E-state index in [1.807, 2.05) is 6.92 Å². The second-order valence-corrected chi connectivity index (χ2v) is 5.80. The standard InChI is InChI=1S/C13H16N2O4S/c1-10-5-6-12(11(8-10)4-2-3-7-16)20(18,19)15-9-13(14)17/h5-6,8,15-16H,3,7,9H2,1H3,(H2,14,17). The zero-order valence-electron chi connectivity index (χ0n) is 11.0. The van der Waals surface area contributed by atoms with Crippen molar-refractivity contribution in [2.45, 2.75) is 18.2 Å². The van der Waals surface area contributed by atoms with Gasteiger partial charge in [0.15, 0.2) is 0 Å². The predicted octanol–water partition coefficient (Wildman–Crippen LogP) is -0.507. The normalized spacial score (nSPS) is 10.7. The molecule has 0 saturated carbocycles. The molecule has 1 amide bonds. The van der Waals surface area contributed by atoms with E-state index < -0.39 is 22.5 Å². The molecule has 0 aliphatic rings. The van der Waals surface area contributed by atoms with Gasteiger partial charge >= 0.3 is 0 Å². The van der Waals surface area contributed by atoms with Gasteiger partial charge in [0.1, 0.15) is 0 Å². The molecule has 0 spiro atoms. The topological polar surface area (TPSA) is 109 Å². The van der Waals surface area contributed by atoms with Crippen molar-refractivity contribution < 1.29 is 18.3 Å². The van der Waals surface area contributed by atoms with Gasteiger partial charge < -0.3 is 10.8 Å². The summed E-state index contributed by atoms with van der Waals surface area (Å²) in [6, 6.07) is 4.68. The Hall–Kier alpha value is -1.88. The Morgan fingerprint density at radius 2 is 2.15 bits per heavy atom. The van der Waals surface area contributed by atoms with E-state index in [2.05, 4.69) is 16.6 Å². The van der Waals surface area contributed by atoms with Gasteiger partial charge in [-0.25, -0.2) is 13.1 Å². The highest BCUT2D eigenvalue weighted by molar-refractivity contribution is 7.89. The lowest BCUT2D eigenvalue weighted by molar-refractivity contribution is -0.116. The maximum atomic E-state index is 12.1. The van der Waals surface area contributed by atoms with Crippen LogP contribution in [0.3, 0.4) is 0 Å². The summed E-state index contributed by atoms with van der Waals surface area (Å²) in [5.41, 5.74) is 6.09. The van der Waals surface area contributed by atoms with Crippen LogP contribution in [0.1, 0.15) is 17.5 Å². The Morgan fingerprint density at radius 3 is 2.75 bits per heavy atom. The van der Waals surface area contributed by atoms with Crippen LogP contribution in [0.2, 0.25) is 0 Å². The molecule has 0 aromatic heterocycles. The number of aryl methyl sites for hydroxylation is 1. The van der Waals surface area contributed by atoms with Gasteiger partial charge in [-0.1, -0.05) is 17.9 Å². The smallest absolute Gasteiger partial charge is 0.242 e. The minimum Gasteiger partial charge on any atom is -0.395 e. The first-order chi connectivity index (χ1) is 9.36. The van der Waals surface area contributed by atoms with Gasteiger partial charge in [0.2, 0.25) is 15.9 Å². The first-order valence-electron chi connectivity index (χ1n) is 5.85. The van der Waals surface area contributed by atoms with Gasteiger partial charge in [0.25, 0.3) is 0 Å². The molecule has 1 rings (SSSR count). The van der Waals surface area contributed by atoms with Gasteiger partial charge in [-0.2, -0.15) is 0 Å². The molecular weight excluding hydrogens is 280 g/mol. The van der Waals surface area contributed by atoms with Crippen molar-refractivity contribution in [2.75, 3.05) is 13.2 Å². The second-order valence-electron chi connectivity index (χ2n) is 4.07. The molecule has 6 nitrogen and oxygen atoms in total. The molecule has 0 heterocycles. The van der Waals surface area contributed by atoms with Crippen LogP contribution in [0.4, 0.5) is 0 Å². The lowest BCUT2D eigenvalue weighted by Crippen LogP contribution is -2.33. The van der Waals surface area contributed by atoms with Crippen LogP contribution in [0.15, 0.2) is 23.1 Å². The molecule has 7 heteroatoms. The van der Waals surface area contributed by atoms with Crippen LogP contribution in [0.5, 0.6) is 0 Å². The number of sulfonamides is 1. The van der Waals surface area contributed by atoms with Gasteiger partial charge in [-0.3, -0.25) is 4.79 Å². The number of primary amides is 1. The van der Waals surface area contributed by atoms with E-state index in [1.165, 1.54) is 6.07 Å². The molecule has 0 bridgehead atoms. The largest absolute Gasteiger partial charge is 0.395 e. The fourth-order valence-electron chi connectivity index (χ4n) is 1.43. The lowest BCUT2D eigenvalue weighted by atomic mass is 10.1. The molecule has 108 valence electrons. The number of hydrogen-bond acceptors (Lipinski definition) is 4. The summed E-state index contributed by atoms with van der Waals surface area (Å²) < 4.78 is 26.2. The average molecular weight is 296 g/mol. The summed E-state index contributed by atoms with van der Waals surface area (Å²) in [4.78, 5) is 10.6. The molecular formula is C13H16N2O4S. The van der Waals surface area contributed by atoms with E-state index in [0.717, 1.165) is 5.56 Å². The fourth-order valence-corrected chi connectivity index (χ4v) is 2.57. The monoisotopic (exact) mass is 296 g/mol. The molecule has 0 aliphatic heterocycles. The summed E-state index contributed by atoms with van der Waals surface area (Å²) >= 11 is 0. The maximum absolute atomic E-state index is 12.1. The summed E-state index contributed by atoms with van der Waals surface area (Å²) in [6.45, 7) is 1.24. The van der Waals surface area contributed by atoms with Crippen molar-refractivity contribution >= 4 is 15.9 Å². The number of aliphatic hydroxyl groups excluding tert-OH is 1. The summed E-state index contributed by atoms with van der Waals surface area (Å²) in [7, 11) is -3.86. The number of rotatable bonds is 5. The maximum Gasteiger partial charge on any atom is 0.242 e. The zero-order valence-corrected chi connectivity index (χ0v) is 11.8. The Morgan fingerprint density at radius 1 is 1.45 bits per heavy atom. The Labute approximate surface area is 118 Å². The van der Waals surface area contributed by atoms with Crippen LogP contribution < -0.4 is 10.5 Å². The third kappa shape index (κ3) is 4.66. The molecule has 20 heavy (non-hydrogen) atoms. The molecule has 1 aromatic rings. The van der Waals surface area contributed by atoms with Crippen LogP contribution in [-0.4, -0.2) is 32.6 Å². The number of nitrogens with two attached hydrogens (primary N) is 1. The van der Waals surface area contributed by atoms with Crippen molar-refractivity contribution in [1.29, 1.82) is 0 Å². The number of amides is 1. The highest BCUT2D eigenvalue weighted by Crippen LogP contribution is 2.16. The van der Waals surface area contributed by atoms with Gasteiger partial charge in [-0.05, 0) is 24.6 Å². The Bertz CT molecular complexity index is 657. The van der Waals surface area contributed by atoms with E-state index in [-0.39, 0.29) is 17.9 Å². The molecule has 0 saturated heterocycles. The van der Waals surface area contributed by atoms with E-state index >= 15 is 0 Å². The minimum absolute atomic E-state index is 0.0187. The summed E-state index contributed by atoms with van der Waals surface area (Å²) in [5, 5.41) is 8.69. The molecule has 0 fully saturated rings. The first-order valence-corrected chi connectivity index (χ1v) is 7.33. The second kappa shape index (κ2) is 7.05. The van der Waals surface area contributed by atoms with Crippen molar-refractivity contribution in [1.82, 2.24) is 4.72 Å². The minimum atomic E-state index is -3.86. The molecule has 0 atom stereocenters. The number of benzene rings is 1. The van der Waals surface area contributed by atoms with Crippen molar-refractivity contribution in [2.24, 2.45) is 5.73 Å². The summed E-state index contributed by atoms with van der Waals surface area (Å²) in [6.07, 6.45) is 0.252. The molecule has 1 aromatic carbocycles. The van der Waals surface area contributed by atoms with Crippen LogP contribution in [-0.2, 0) is 14.8 Å². The van der Waals surface area contributed by atoms with Crippen LogP contribution >= 0.6 is 0 Å². The van der Waals surface area contributed by atoms with Crippen LogP contribution in [0.25, 0.3) is 0 Å². The van der Waals surface area contributed by atoms with E-state index in [1.54, 1.807) is 12.1 Å². The molecule has 0 unspecified atom stereocenters. The van der Waals surface area contributed by atoms with E-state index in [4.69, 9.17) is 10.8 Å². The van der Waals surface area contributed by atoms with Crippen molar-refractivity contribution in [3.63, 3.8) is 0 Å². The Balaban J connectivity index is 3.17. The third-order valence-electron chi connectivity index (χ3n) is 2.32. The van der Waals surface area contributed by atoms with E-state index in [0.29, 0.717) is 5.56 Å². The SMILES string of the molecule is Cc1ccc(S(=O)(=O)NCC(N)=O)c(C#CCCO)c1. The van der Waals surface area contributed by atoms with Gasteiger partial charge in [0, 0.05) is 12.0 Å². The predicted molar refractivity (Wildman–Crippen MR) is 74.1 cm³/mol.